The van der Waals surface area contributed by atoms with Gasteiger partial charge >= 0.3 is 6.03 Å². The lowest BCUT2D eigenvalue weighted by atomic mass is 9.85. The normalized spacial score (nSPS) is 21.5. The number of hydrogen-bond acceptors (Lipinski definition) is 4. The lowest BCUT2D eigenvalue weighted by Gasteiger charge is -2.31. The number of benzene rings is 1. The average molecular weight is 343 g/mol. The van der Waals surface area contributed by atoms with Gasteiger partial charge in [-0.15, -0.1) is 5.10 Å². The summed E-state index contributed by atoms with van der Waals surface area (Å²) >= 11 is 0. The Balaban J connectivity index is 1.56. The lowest BCUT2D eigenvalue weighted by Crippen LogP contribution is -2.48. The molecule has 0 aliphatic heterocycles. The molecule has 134 valence electrons. The summed E-state index contributed by atoms with van der Waals surface area (Å²) in [7, 11) is 0. The number of nitrogens with zero attached hydrogens (tertiary/aromatic N) is 3. The van der Waals surface area contributed by atoms with Crippen molar-refractivity contribution in [2.75, 3.05) is 6.61 Å². The Bertz CT molecular complexity index is 671. The molecule has 2 amide bonds. The van der Waals surface area contributed by atoms with Crippen LogP contribution in [0.5, 0.6) is 0 Å². The highest BCUT2D eigenvalue weighted by Gasteiger charge is 2.26. The van der Waals surface area contributed by atoms with Crippen molar-refractivity contribution in [3.05, 3.63) is 42.2 Å². The molecule has 3 unspecified atom stereocenters. The maximum Gasteiger partial charge on any atom is 0.315 e. The Hall–Kier alpha value is -2.41. The molecule has 0 radical (unpaired) electrons. The van der Waals surface area contributed by atoms with Crippen molar-refractivity contribution in [3.8, 4) is 5.69 Å². The van der Waals surface area contributed by atoms with Crippen molar-refractivity contribution in [1.29, 1.82) is 0 Å². The highest BCUT2D eigenvalue weighted by atomic mass is 16.3. The van der Waals surface area contributed by atoms with Gasteiger partial charge in [-0.2, -0.15) is 0 Å². The SMILES string of the molecule is CC(NC(=O)NC1CCCCC1CO)c1ccc(-n2ccnn2)cc1. The summed E-state index contributed by atoms with van der Waals surface area (Å²) < 4.78 is 1.69. The molecule has 1 aliphatic rings. The van der Waals surface area contributed by atoms with E-state index < -0.39 is 0 Å². The van der Waals surface area contributed by atoms with Gasteiger partial charge < -0.3 is 15.7 Å². The first-order chi connectivity index (χ1) is 12.2. The Morgan fingerprint density at radius 1 is 1.32 bits per heavy atom. The minimum absolute atomic E-state index is 0.0561. The maximum atomic E-state index is 12.3. The molecule has 1 fully saturated rings. The van der Waals surface area contributed by atoms with Gasteiger partial charge in [0.2, 0.25) is 0 Å². The number of aliphatic hydroxyl groups excluding tert-OH is 1. The van der Waals surface area contributed by atoms with Crippen molar-refractivity contribution in [2.45, 2.75) is 44.7 Å². The molecule has 0 spiro atoms. The molecular formula is C18H25N5O2. The first-order valence-corrected chi connectivity index (χ1v) is 8.82. The van der Waals surface area contributed by atoms with Gasteiger partial charge in [-0.1, -0.05) is 30.2 Å². The zero-order chi connectivity index (χ0) is 17.6. The van der Waals surface area contributed by atoms with Gasteiger partial charge in [-0.3, -0.25) is 0 Å². The van der Waals surface area contributed by atoms with Crippen LogP contribution >= 0.6 is 0 Å². The van der Waals surface area contributed by atoms with E-state index >= 15 is 0 Å². The van der Waals surface area contributed by atoms with Crippen LogP contribution < -0.4 is 10.6 Å². The second-order valence-electron chi connectivity index (χ2n) is 6.61. The van der Waals surface area contributed by atoms with Crippen LogP contribution in [0, 0.1) is 5.92 Å². The fraction of sp³-hybridized carbons (Fsp3) is 0.500. The summed E-state index contributed by atoms with van der Waals surface area (Å²) in [5.41, 5.74) is 1.94. The molecule has 2 aromatic rings. The molecule has 1 aromatic heterocycles. The van der Waals surface area contributed by atoms with Crippen LogP contribution in [-0.2, 0) is 0 Å². The Morgan fingerprint density at radius 3 is 2.76 bits per heavy atom. The predicted molar refractivity (Wildman–Crippen MR) is 94.3 cm³/mol. The number of hydrogen-bond donors (Lipinski definition) is 3. The van der Waals surface area contributed by atoms with E-state index in [2.05, 4.69) is 20.9 Å². The van der Waals surface area contributed by atoms with Crippen molar-refractivity contribution < 1.29 is 9.90 Å². The van der Waals surface area contributed by atoms with E-state index in [9.17, 15) is 9.90 Å². The van der Waals surface area contributed by atoms with E-state index in [1.807, 2.05) is 31.2 Å². The molecule has 3 N–H and O–H groups in total. The minimum Gasteiger partial charge on any atom is -0.396 e. The van der Waals surface area contributed by atoms with Gasteiger partial charge in [0.15, 0.2) is 0 Å². The standard InChI is InChI=1S/C18H25N5O2/c1-13(14-6-8-16(9-7-14)23-11-10-19-22-23)20-18(25)21-17-5-3-2-4-15(17)12-24/h6-11,13,15,17,24H,2-5,12H2,1H3,(H2,20,21,25). The number of carbonyl (C=O) groups is 1. The van der Waals surface area contributed by atoms with Crippen LogP contribution in [0.3, 0.4) is 0 Å². The molecule has 7 heteroatoms. The van der Waals surface area contributed by atoms with Crippen LogP contribution in [0.25, 0.3) is 5.69 Å². The van der Waals surface area contributed by atoms with Gasteiger partial charge in [0.1, 0.15) is 0 Å². The summed E-state index contributed by atoms with van der Waals surface area (Å²) in [4.78, 5) is 12.3. The number of carbonyl (C=O) groups excluding carboxylic acids is 1. The molecule has 1 aliphatic carbocycles. The second-order valence-corrected chi connectivity index (χ2v) is 6.61. The van der Waals surface area contributed by atoms with Crippen LogP contribution in [0.4, 0.5) is 4.79 Å². The van der Waals surface area contributed by atoms with E-state index in [1.165, 1.54) is 0 Å². The highest BCUT2D eigenvalue weighted by molar-refractivity contribution is 5.74. The summed E-state index contributed by atoms with van der Waals surface area (Å²) in [6.45, 7) is 2.08. The van der Waals surface area contributed by atoms with Crippen molar-refractivity contribution in [2.24, 2.45) is 5.92 Å². The number of aliphatic hydroxyl groups is 1. The summed E-state index contributed by atoms with van der Waals surface area (Å²) in [5, 5.41) is 23.2. The summed E-state index contributed by atoms with van der Waals surface area (Å²) in [6.07, 6.45) is 7.54. The van der Waals surface area contributed by atoms with Gasteiger partial charge in [0.25, 0.3) is 0 Å². The zero-order valence-electron chi connectivity index (χ0n) is 14.4. The van der Waals surface area contributed by atoms with Crippen LogP contribution in [0.1, 0.15) is 44.2 Å². The molecule has 0 bridgehead atoms. The lowest BCUT2D eigenvalue weighted by molar-refractivity contribution is 0.153. The van der Waals surface area contributed by atoms with E-state index in [4.69, 9.17) is 0 Å². The molecule has 0 saturated heterocycles. The summed E-state index contributed by atoms with van der Waals surface area (Å²) in [6, 6.07) is 7.60. The van der Waals surface area contributed by atoms with Gasteiger partial charge in [-0.25, -0.2) is 9.48 Å². The molecule has 25 heavy (non-hydrogen) atoms. The predicted octanol–water partition coefficient (Wildman–Crippen LogP) is 2.18. The maximum absolute atomic E-state index is 12.3. The van der Waals surface area contributed by atoms with E-state index in [0.717, 1.165) is 36.9 Å². The number of aromatic nitrogens is 3. The van der Waals surface area contributed by atoms with Gasteiger partial charge in [-0.05, 0) is 37.5 Å². The van der Waals surface area contributed by atoms with Crippen molar-refractivity contribution in [3.63, 3.8) is 0 Å². The fourth-order valence-corrected chi connectivity index (χ4v) is 3.37. The van der Waals surface area contributed by atoms with Gasteiger partial charge in [0.05, 0.1) is 24.1 Å². The van der Waals surface area contributed by atoms with E-state index in [1.54, 1.807) is 17.1 Å². The number of amides is 2. The van der Waals surface area contributed by atoms with Crippen LogP contribution in [-0.4, -0.2) is 38.8 Å². The fourth-order valence-electron chi connectivity index (χ4n) is 3.37. The molecule has 3 atom stereocenters. The van der Waals surface area contributed by atoms with Crippen molar-refractivity contribution >= 4 is 6.03 Å². The highest BCUT2D eigenvalue weighted by Crippen LogP contribution is 2.24. The average Bonchev–Trinajstić information content (AvgIpc) is 3.17. The van der Waals surface area contributed by atoms with Crippen LogP contribution in [0.2, 0.25) is 0 Å². The third-order valence-electron chi connectivity index (χ3n) is 4.89. The minimum atomic E-state index is -0.182. The van der Waals surface area contributed by atoms with E-state index in [0.29, 0.717) is 0 Å². The topological polar surface area (TPSA) is 92.1 Å². The molecule has 3 rings (SSSR count). The quantitative estimate of drug-likeness (QED) is 0.776. The van der Waals surface area contributed by atoms with Crippen LogP contribution in [0.15, 0.2) is 36.7 Å². The molecular weight excluding hydrogens is 318 g/mol. The summed E-state index contributed by atoms with van der Waals surface area (Å²) in [5.74, 6) is 0.164. The Morgan fingerprint density at radius 2 is 2.08 bits per heavy atom. The molecule has 7 nitrogen and oxygen atoms in total. The zero-order valence-corrected chi connectivity index (χ0v) is 14.4. The van der Waals surface area contributed by atoms with Crippen molar-refractivity contribution in [1.82, 2.24) is 25.6 Å². The first-order valence-electron chi connectivity index (χ1n) is 8.82. The molecule has 1 saturated carbocycles. The number of rotatable bonds is 5. The first kappa shape index (κ1) is 17.4. The third kappa shape index (κ3) is 4.36. The smallest absolute Gasteiger partial charge is 0.315 e. The number of nitrogens with one attached hydrogen (secondary N) is 2. The molecule has 1 heterocycles. The monoisotopic (exact) mass is 343 g/mol. The third-order valence-corrected chi connectivity index (χ3v) is 4.89. The Labute approximate surface area is 147 Å². The van der Waals surface area contributed by atoms with Gasteiger partial charge in [0, 0.05) is 18.6 Å². The second kappa shape index (κ2) is 8.11. The molecule has 1 aromatic carbocycles. The Kier molecular flexibility index (Phi) is 5.65. The van der Waals surface area contributed by atoms with E-state index in [-0.39, 0.29) is 30.6 Å². The largest absolute Gasteiger partial charge is 0.396 e. The number of urea groups is 1.